The van der Waals surface area contributed by atoms with Crippen molar-refractivity contribution >= 4 is 17.0 Å². The summed E-state index contributed by atoms with van der Waals surface area (Å²) in [5.74, 6) is 0. The van der Waals surface area contributed by atoms with Crippen molar-refractivity contribution in [2.75, 3.05) is 0 Å². The van der Waals surface area contributed by atoms with E-state index in [9.17, 15) is 13.2 Å². The third kappa shape index (κ3) is 1.76. The lowest BCUT2D eigenvalue weighted by Gasteiger charge is -2.04. The van der Waals surface area contributed by atoms with Crippen LogP contribution in [0.3, 0.4) is 0 Å². The first-order valence-electron chi connectivity index (χ1n) is 2.89. The molecule has 0 unspecified atom stereocenters. The Balaban J connectivity index is 3.01. The molecule has 1 N–H and O–H groups in total. The van der Waals surface area contributed by atoms with E-state index < -0.39 is 11.9 Å². The Kier molecular flexibility index (Phi) is 2.37. The maximum Gasteiger partial charge on any atom is 0.438 e. The van der Waals surface area contributed by atoms with Gasteiger partial charge in [-0.15, -0.1) is 11.3 Å². The Hall–Kier alpha value is -1.04. The molecule has 1 aromatic rings. The quantitative estimate of drug-likeness (QED) is 0.416. The molecule has 6 heteroatoms. The van der Waals surface area contributed by atoms with E-state index >= 15 is 0 Å². The average Bonchev–Trinajstić information content (AvgIpc) is 2.38. The highest BCUT2D eigenvalue weighted by Crippen LogP contribution is 2.24. The lowest BCUT2D eigenvalue weighted by Crippen LogP contribution is -2.22. The molecule has 0 saturated carbocycles. The molecule has 66 valence electrons. The van der Waals surface area contributed by atoms with Gasteiger partial charge in [-0.05, 0) is 11.4 Å². The van der Waals surface area contributed by atoms with Gasteiger partial charge in [0.2, 0.25) is 5.71 Å². The van der Waals surface area contributed by atoms with Crippen molar-refractivity contribution in [2.45, 2.75) is 6.18 Å². The van der Waals surface area contributed by atoms with Crippen molar-refractivity contribution in [2.24, 2.45) is 5.16 Å². The van der Waals surface area contributed by atoms with Gasteiger partial charge in [0.15, 0.2) is 0 Å². The van der Waals surface area contributed by atoms with Gasteiger partial charge in [0.25, 0.3) is 0 Å². The number of halogens is 3. The molecule has 0 aliphatic heterocycles. The van der Waals surface area contributed by atoms with Crippen LogP contribution >= 0.6 is 11.3 Å². The molecule has 12 heavy (non-hydrogen) atoms. The van der Waals surface area contributed by atoms with E-state index in [2.05, 4.69) is 5.16 Å². The average molecular weight is 195 g/mol. The molecule has 0 aliphatic rings. The molecule has 2 nitrogen and oxygen atoms in total. The maximum absolute atomic E-state index is 12.0. The van der Waals surface area contributed by atoms with Crippen LogP contribution in [0.2, 0.25) is 0 Å². The minimum Gasteiger partial charge on any atom is -0.410 e. The fourth-order valence-corrected chi connectivity index (χ4v) is 1.39. The Morgan fingerprint density at radius 2 is 2.17 bits per heavy atom. The summed E-state index contributed by atoms with van der Waals surface area (Å²) in [5.41, 5.74) is -1.25. The van der Waals surface area contributed by atoms with Gasteiger partial charge in [-0.1, -0.05) is 11.2 Å². The first kappa shape index (κ1) is 9.05. The van der Waals surface area contributed by atoms with E-state index in [0.717, 1.165) is 11.3 Å². The molecule has 1 rings (SSSR count). The first-order valence-corrected chi connectivity index (χ1v) is 3.77. The molecule has 0 aliphatic carbocycles. The van der Waals surface area contributed by atoms with Crippen molar-refractivity contribution in [3.8, 4) is 0 Å². The standard InChI is InChI=1S/C6H4F3NOS/c7-6(8,9)5(10-11)4-2-1-3-12-4/h1-3,11H/b10-5-. The van der Waals surface area contributed by atoms with Gasteiger partial charge in [-0.25, -0.2) is 0 Å². The van der Waals surface area contributed by atoms with Gasteiger partial charge in [-0.2, -0.15) is 13.2 Å². The molecule has 0 saturated heterocycles. The summed E-state index contributed by atoms with van der Waals surface area (Å²) in [6.45, 7) is 0. The Labute approximate surface area is 69.9 Å². The van der Waals surface area contributed by atoms with E-state index in [-0.39, 0.29) is 4.88 Å². The zero-order valence-electron chi connectivity index (χ0n) is 5.67. The van der Waals surface area contributed by atoms with E-state index in [1.54, 1.807) is 0 Å². The van der Waals surface area contributed by atoms with Crippen molar-refractivity contribution in [1.29, 1.82) is 0 Å². The molecule has 0 radical (unpaired) electrons. The number of thiophene rings is 1. The molecule has 0 amide bonds. The Morgan fingerprint density at radius 3 is 2.50 bits per heavy atom. The molecular formula is C6H4F3NOS. The van der Waals surface area contributed by atoms with Gasteiger partial charge in [0.05, 0.1) is 4.88 Å². The summed E-state index contributed by atoms with van der Waals surface area (Å²) in [7, 11) is 0. The van der Waals surface area contributed by atoms with E-state index in [1.165, 1.54) is 17.5 Å². The zero-order chi connectivity index (χ0) is 9.19. The number of hydrogen-bond acceptors (Lipinski definition) is 3. The molecule has 0 spiro atoms. The van der Waals surface area contributed by atoms with Crippen molar-refractivity contribution in [3.05, 3.63) is 22.4 Å². The summed E-state index contributed by atoms with van der Waals surface area (Å²) in [4.78, 5) is -0.0926. The fourth-order valence-electron chi connectivity index (χ4n) is 0.659. The highest BCUT2D eigenvalue weighted by Gasteiger charge is 2.38. The van der Waals surface area contributed by atoms with Crippen LogP contribution in [0.25, 0.3) is 0 Å². The van der Waals surface area contributed by atoms with Crippen LogP contribution in [0.4, 0.5) is 13.2 Å². The number of rotatable bonds is 1. The summed E-state index contributed by atoms with van der Waals surface area (Å²) in [6.07, 6.45) is -4.60. The summed E-state index contributed by atoms with van der Waals surface area (Å²) < 4.78 is 36.0. The molecule has 0 bridgehead atoms. The lowest BCUT2D eigenvalue weighted by molar-refractivity contribution is -0.0599. The van der Waals surface area contributed by atoms with Crippen LogP contribution in [0.1, 0.15) is 4.88 Å². The fraction of sp³-hybridized carbons (Fsp3) is 0.167. The molecule has 0 atom stereocenters. The largest absolute Gasteiger partial charge is 0.438 e. The minimum absolute atomic E-state index is 0.0926. The second-order valence-corrected chi connectivity index (χ2v) is 2.87. The lowest BCUT2D eigenvalue weighted by atomic mass is 10.3. The van der Waals surface area contributed by atoms with Gasteiger partial charge >= 0.3 is 6.18 Å². The monoisotopic (exact) mass is 195 g/mol. The highest BCUT2D eigenvalue weighted by molar-refractivity contribution is 7.12. The number of hydrogen-bond donors (Lipinski definition) is 1. The van der Waals surface area contributed by atoms with Gasteiger partial charge in [0, 0.05) is 0 Å². The van der Waals surface area contributed by atoms with E-state index in [4.69, 9.17) is 5.21 Å². The highest BCUT2D eigenvalue weighted by atomic mass is 32.1. The summed E-state index contributed by atoms with van der Waals surface area (Å²) >= 11 is 0.872. The molecule has 1 aromatic heterocycles. The van der Waals surface area contributed by atoms with Crippen LogP contribution in [-0.2, 0) is 0 Å². The molecule has 0 aromatic carbocycles. The maximum atomic E-state index is 12.0. The smallest absolute Gasteiger partial charge is 0.410 e. The van der Waals surface area contributed by atoms with Gasteiger partial charge in [0.1, 0.15) is 0 Å². The van der Waals surface area contributed by atoms with Gasteiger partial charge in [-0.3, -0.25) is 0 Å². The second-order valence-electron chi connectivity index (χ2n) is 1.92. The Morgan fingerprint density at radius 1 is 1.50 bits per heavy atom. The molecule has 1 heterocycles. The molecule has 0 fully saturated rings. The third-order valence-electron chi connectivity index (χ3n) is 1.12. The SMILES string of the molecule is O/N=C(/c1cccs1)C(F)(F)F. The second kappa shape index (κ2) is 3.14. The number of nitrogens with zero attached hydrogens (tertiary/aromatic N) is 1. The zero-order valence-corrected chi connectivity index (χ0v) is 6.49. The topological polar surface area (TPSA) is 32.6 Å². The third-order valence-corrected chi connectivity index (χ3v) is 2.00. The van der Waals surface area contributed by atoms with Crippen molar-refractivity contribution < 1.29 is 18.4 Å². The van der Waals surface area contributed by atoms with Crippen LogP contribution in [0.15, 0.2) is 22.7 Å². The van der Waals surface area contributed by atoms with Crippen molar-refractivity contribution in [1.82, 2.24) is 0 Å². The number of oxime groups is 1. The van der Waals surface area contributed by atoms with Gasteiger partial charge < -0.3 is 5.21 Å². The van der Waals surface area contributed by atoms with Crippen LogP contribution in [-0.4, -0.2) is 17.1 Å². The predicted octanol–water partition coefficient (Wildman–Crippen LogP) is 2.49. The summed E-state index contributed by atoms with van der Waals surface area (Å²) in [5, 5.41) is 11.8. The van der Waals surface area contributed by atoms with Crippen LogP contribution in [0, 0.1) is 0 Å². The minimum atomic E-state index is -4.60. The van der Waals surface area contributed by atoms with Crippen LogP contribution in [0.5, 0.6) is 0 Å². The normalized spacial score (nSPS) is 13.4. The van der Waals surface area contributed by atoms with E-state index in [1.807, 2.05) is 0 Å². The number of alkyl halides is 3. The van der Waals surface area contributed by atoms with Crippen molar-refractivity contribution in [3.63, 3.8) is 0 Å². The predicted molar refractivity (Wildman–Crippen MR) is 38.7 cm³/mol. The first-order chi connectivity index (χ1) is 5.55. The molecular weight excluding hydrogens is 191 g/mol. The summed E-state index contributed by atoms with van der Waals surface area (Å²) in [6, 6.07) is 2.70. The Bertz CT molecular complexity index is 277. The van der Waals surface area contributed by atoms with Crippen LogP contribution < -0.4 is 0 Å². The van der Waals surface area contributed by atoms with E-state index in [0.29, 0.717) is 0 Å².